The number of amides is 2. The van der Waals surface area contributed by atoms with Gasteiger partial charge < -0.3 is 19.7 Å². The van der Waals surface area contributed by atoms with Gasteiger partial charge in [-0.2, -0.15) is 5.11 Å². The van der Waals surface area contributed by atoms with Crippen molar-refractivity contribution in [2.24, 2.45) is 10.3 Å². The lowest BCUT2D eigenvalue weighted by atomic mass is 9.95. The number of hydrogen-bond donors (Lipinski definition) is 2. The van der Waals surface area contributed by atoms with Crippen molar-refractivity contribution < 1.29 is 23.9 Å². The predicted octanol–water partition coefficient (Wildman–Crippen LogP) is 4.97. The zero-order chi connectivity index (χ0) is 27.8. The predicted molar refractivity (Wildman–Crippen MR) is 145 cm³/mol. The van der Waals surface area contributed by atoms with Crippen molar-refractivity contribution in [1.82, 2.24) is 15.2 Å². The van der Waals surface area contributed by atoms with Gasteiger partial charge in [-0.05, 0) is 55.7 Å². The number of carboxylic acid groups (broad SMARTS) is 1. The Bertz CT molecular complexity index is 1490. The summed E-state index contributed by atoms with van der Waals surface area (Å²) in [6, 6.07) is 7.34. The molecule has 2 aromatic carbocycles. The van der Waals surface area contributed by atoms with Gasteiger partial charge in [0.05, 0.1) is 34.5 Å². The summed E-state index contributed by atoms with van der Waals surface area (Å²) < 4.78 is 5.42. The van der Waals surface area contributed by atoms with Crippen LogP contribution >= 0.6 is 23.2 Å². The molecule has 10 nitrogen and oxygen atoms in total. The van der Waals surface area contributed by atoms with Gasteiger partial charge in [0, 0.05) is 36.5 Å². The minimum Gasteiger partial charge on any atom is -0.480 e. The standard InChI is InChI=1S/C27H27Cl2N5O5/c1-14(2)34-13-18(31-32-34)11-21(27(37)38)30-25(35)23-20(28)9-17-12-33(7-5-19(17)24(23)29)26(36)16-4-3-15-6-8-39-22(15)10-16/h3-4,6,8-10,14,18,21H,5,7,11-13H2,1-2H3,(H,30,35)(H,37,38)/t18?,21-/m0/s1. The fourth-order valence-electron chi connectivity index (χ4n) is 4.89. The lowest BCUT2D eigenvalue weighted by Gasteiger charge is -2.30. The number of nitrogens with zero attached hydrogens (tertiary/aromatic N) is 4. The van der Waals surface area contributed by atoms with Crippen LogP contribution in [0.5, 0.6) is 0 Å². The SMILES string of the molecule is CC(C)N1CC(C[C@H](NC(=O)c2c(Cl)cc3c(c2Cl)CCN(C(=O)c2ccc4ccoc4c2)C3)C(=O)O)N=N1. The highest BCUT2D eigenvalue weighted by atomic mass is 35.5. The van der Waals surface area contributed by atoms with Crippen LogP contribution in [0.15, 0.2) is 51.3 Å². The molecule has 2 aliphatic rings. The normalized spacial score (nSPS) is 17.5. The fourth-order valence-corrected chi connectivity index (χ4v) is 5.66. The van der Waals surface area contributed by atoms with Crippen LogP contribution in [0.1, 0.15) is 52.1 Å². The van der Waals surface area contributed by atoms with Crippen molar-refractivity contribution in [3.05, 3.63) is 68.9 Å². The van der Waals surface area contributed by atoms with E-state index >= 15 is 0 Å². The number of furan rings is 1. The number of carbonyl (C=O) groups excluding carboxylic acids is 2. The number of nitrogens with one attached hydrogen (secondary N) is 1. The Hall–Kier alpha value is -3.63. The van der Waals surface area contributed by atoms with E-state index in [9.17, 15) is 19.5 Å². The van der Waals surface area contributed by atoms with Crippen LogP contribution in [0.4, 0.5) is 0 Å². The van der Waals surface area contributed by atoms with Crippen LogP contribution in [0.2, 0.25) is 10.0 Å². The summed E-state index contributed by atoms with van der Waals surface area (Å²) in [6.45, 7) is 5.06. The van der Waals surface area contributed by atoms with Crippen molar-refractivity contribution in [1.29, 1.82) is 0 Å². The first-order valence-electron chi connectivity index (χ1n) is 12.6. The highest BCUT2D eigenvalue weighted by molar-refractivity contribution is 6.40. The molecule has 0 saturated carbocycles. The van der Waals surface area contributed by atoms with E-state index in [1.165, 1.54) is 0 Å². The summed E-state index contributed by atoms with van der Waals surface area (Å²) in [6.07, 6.45) is 2.07. The summed E-state index contributed by atoms with van der Waals surface area (Å²) in [5.74, 6) is -2.02. The van der Waals surface area contributed by atoms with Gasteiger partial charge >= 0.3 is 5.97 Å². The maximum absolute atomic E-state index is 13.2. The fraction of sp³-hybridized carbons (Fsp3) is 0.370. The van der Waals surface area contributed by atoms with Crippen LogP contribution < -0.4 is 5.32 Å². The lowest BCUT2D eigenvalue weighted by molar-refractivity contribution is -0.139. The van der Waals surface area contributed by atoms with Gasteiger partial charge in [0.1, 0.15) is 11.6 Å². The molecule has 0 radical (unpaired) electrons. The average Bonchev–Trinajstić information content (AvgIpc) is 3.56. The molecule has 1 aromatic heterocycles. The molecule has 12 heteroatoms. The zero-order valence-corrected chi connectivity index (χ0v) is 22.9. The molecule has 0 spiro atoms. The molecule has 3 heterocycles. The highest BCUT2D eigenvalue weighted by Gasteiger charge is 2.32. The van der Waals surface area contributed by atoms with E-state index in [-0.39, 0.29) is 46.6 Å². The molecule has 0 fully saturated rings. The molecule has 2 atom stereocenters. The third-order valence-electron chi connectivity index (χ3n) is 7.06. The summed E-state index contributed by atoms with van der Waals surface area (Å²) in [5.41, 5.74) is 2.60. The first-order valence-corrected chi connectivity index (χ1v) is 13.3. The average molecular weight is 572 g/mol. The topological polar surface area (TPSA) is 128 Å². The first kappa shape index (κ1) is 27.0. The van der Waals surface area contributed by atoms with Crippen molar-refractivity contribution in [2.45, 2.75) is 51.4 Å². The first-order chi connectivity index (χ1) is 18.6. The number of hydrogen-bond acceptors (Lipinski definition) is 7. The number of benzene rings is 2. The summed E-state index contributed by atoms with van der Waals surface area (Å²) in [7, 11) is 0. The molecule has 3 aromatic rings. The van der Waals surface area contributed by atoms with Crippen LogP contribution in [0.3, 0.4) is 0 Å². The third-order valence-corrected chi connectivity index (χ3v) is 7.77. The van der Waals surface area contributed by atoms with Gasteiger partial charge in [-0.25, -0.2) is 4.79 Å². The van der Waals surface area contributed by atoms with E-state index in [2.05, 4.69) is 15.7 Å². The van der Waals surface area contributed by atoms with Crippen molar-refractivity contribution >= 4 is 52.0 Å². The maximum Gasteiger partial charge on any atom is 0.326 e. The van der Waals surface area contributed by atoms with E-state index in [0.717, 1.165) is 10.9 Å². The number of carboxylic acids is 1. The van der Waals surface area contributed by atoms with E-state index in [0.29, 0.717) is 36.2 Å². The minimum atomic E-state index is -1.20. The Kier molecular flexibility index (Phi) is 7.51. The quantitative estimate of drug-likeness (QED) is 0.412. The molecule has 2 aliphatic heterocycles. The van der Waals surface area contributed by atoms with E-state index in [1.807, 2.05) is 26.0 Å². The Morgan fingerprint density at radius 2 is 2.00 bits per heavy atom. The molecule has 2 N–H and O–H groups in total. The number of carbonyl (C=O) groups is 3. The van der Waals surface area contributed by atoms with Crippen LogP contribution in [-0.2, 0) is 17.8 Å². The second-order valence-corrected chi connectivity index (χ2v) is 10.8. The smallest absolute Gasteiger partial charge is 0.326 e. The Balaban J connectivity index is 1.31. The number of aliphatic carboxylic acids is 1. The van der Waals surface area contributed by atoms with Crippen molar-refractivity contribution in [3.8, 4) is 0 Å². The Morgan fingerprint density at radius 3 is 2.72 bits per heavy atom. The number of fused-ring (bicyclic) bond motifs is 2. The second-order valence-electron chi connectivity index (χ2n) is 10.0. The molecule has 0 saturated heterocycles. The maximum atomic E-state index is 13.2. The number of halogens is 2. The monoisotopic (exact) mass is 571 g/mol. The second kappa shape index (κ2) is 10.9. The van der Waals surface area contributed by atoms with Gasteiger partial charge in [0.15, 0.2) is 0 Å². The zero-order valence-electron chi connectivity index (χ0n) is 21.4. The van der Waals surface area contributed by atoms with Crippen LogP contribution in [-0.4, -0.2) is 64.0 Å². The third kappa shape index (κ3) is 5.44. The molecular formula is C27H27Cl2N5O5. The van der Waals surface area contributed by atoms with E-state index in [1.54, 1.807) is 34.4 Å². The van der Waals surface area contributed by atoms with Crippen molar-refractivity contribution in [3.63, 3.8) is 0 Å². The molecule has 2 amide bonds. The summed E-state index contributed by atoms with van der Waals surface area (Å²) in [5, 5.41) is 23.4. The van der Waals surface area contributed by atoms with Gasteiger partial charge in [-0.3, -0.25) is 14.6 Å². The molecule has 0 aliphatic carbocycles. The molecule has 204 valence electrons. The molecule has 39 heavy (non-hydrogen) atoms. The minimum absolute atomic E-state index is 0.0169. The van der Waals surface area contributed by atoms with Gasteiger partial charge in [0.2, 0.25) is 0 Å². The Morgan fingerprint density at radius 1 is 1.21 bits per heavy atom. The lowest BCUT2D eigenvalue weighted by Crippen LogP contribution is -2.44. The van der Waals surface area contributed by atoms with Crippen molar-refractivity contribution in [2.75, 3.05) is 13.1 Å². The van der Waals surface area contributed by atoms with Crippen LogP contribution in [0.25, 0.3) is 11.0 Å². The van der Waals surface area contributed by atoms with Gasteiger partial charge in [0.25, 0.3) is 11.8 Å². The number of rotatable bonds is 7. The van der Waals surface area contributed by atoms with Gasteiger partial charge in [-0.1, -0.05) is 34.5 Å². The van der Waals surface area contributed by atoms with E-state index < -0.39 is 17.9 Å². The van der Waals surface area contributed by atoms with E-state index in [4.69, 9.17) is 27.6 Å². The van der Waals surface area contributed by atoms with Crippen LogP contribution in [0, 0.1) is 0 Å². The summed E-state index contributed by atoms with van der Waals surface area (Å²) in [4.78, 5) is 40.0. The largest absolute Gasteiger partial charge is 0.480 e. The summed E-state index contributed by atoms with van der Waals surface area (Å²) >= 11 is 13.2. The highest BCUT2D eigenvalue weighted by Crippen LogP contribution is 2.35. The molecule has 0 bridgehead atoms. The molecular weight excluding hydrogens is 545 g/mol. The molecule has 5 rings (SSSR count). The van der Waals surface area contributed by atoms with Gasteiger partial charge in [-0.15, -0.1) is 0 Å². The molecule has 1 unspecified atom stereocenters. The Labute approximate surface area is 234 Å².